The maximum Gasteiger partial charge on any atom is 0.360 e. The summed E-state index contributed by atoms with van der Waals surface area (Å²) < 4.78 is 0. The van der Waals surface area contributed by atoms with Crippen LogP contribution in [0.3, 0.4) is 0 Å². The second kappa shape index (κ2) is 8.83. The summed E-state index contributed by atoms with van der Waals surface area (Å²) in [5.74, 6) is -1.12. The van der Waals surface area contributed by atoms with Gasteiger partial charge in [0.25, 0.3) is 0 Å². The Morgan fingerprint density at radius 2 is 1.79 bits per heavy atom. The average Bonchev–Trinajstić information content (AvgIpc) is 2.60. The van der Waals surface area contributed by atoms with Gasteiger partial charge in [0.2, 0.25) is 0 Å². The van der Waals surface area contributed by atoms with Crippen molar-refractivity contribution in [1.29, 1.82) is 0 Å². The highest BCUT2D eigenvalue weighted by Gasteiger charge is 2.20. The van der Waals surface area contributed by atoms with Crippen LogP contribution in [0.2, 0.25) is 0 Å². The Labute approximate surface area is 144 Å². The smallest absolute Gasteiger partial charge is 0.360 e. The summed E-state index contributed by atoms with van der Waals surface area (Å²) in [6, 6.07) is 14.4. The summed E-state index contributed by atoms with van der Waals surface area (Å²) in [6.07, 6.45) is 2.14. The second-order valence-electron chi connectivity index (χ2n) is 4.93. The number of carboxylic acid groups (broad SMARTS) is 1. The number of rotatable bonds is 6. The van der Waals surface area contributed by atoms with Crippen molar-refractivity contribution in [2.45, 2.75) is 17.4 Å². The van der Waals surface area contributed by atoms with Gasteiger partial charge < -0.3 is 10.4 Å². The first-order chi connectivity index (χ1) is 11.6. The Balaban J connectivity index is 1.97. The van der Waals surface area contributed by atoms with Crippen LogP contribution in [0.5, 0.6) is 0 Å². The van der Waals surface area contributed by atoms with Crippen LogP contribution in [0.1, 0.15) is 5.56 Å². The first-order valence-electron chi connectivity index (χ1n) is 7.21. The van der Waals surface area contributed by atoms with Gasteiger partial charge in [-0.15, -0.1) is 16.9 Å². The molecule has 1 unspecified atom stereocenters. The summed E-state index contributed by atoms with van der Waals surface area (Å²) >= 11 is 1.60. The zero-order chi connectivity index (χ0) is 17.4. The van der Waals surface area contributed by atoms with E-state index in [2.05, 4.69) is 15.5 Å². The number of benzene rings is 2. The Hall–Kier alpha value is -2.67. The quantitative estimate of drug-likeness (QED) is 0.615. The molecule has 0 bridgehead atoms. The lowest BCUT2D eigenvalue weighted by molar-refractivity contribution is -0.139. The van der Waals surface area contributed by atoms with Crippen LogP contribution < -0.4 is 5.32 Å². The molecule has 0 spiro atoms. The van der Waals surface area contributed by atoms with E-state index in [1.165, 1.54) is 0 Å². The van der Waals surface area contributed by atoms with Gasteiger partial charge in [-0.1, -0.05) is 35.4 Å². The van der Waals surface area contributed by atoms with Crippen LogP contribution in [0, 0.1) is 0 Å². The number of hydrogen-bond donors (Lipinski definition) is 2. The molecular formula is C17H17N3O3S. The predicted octanol–water partition coefficient (Wildman–Crippen LogP) is 3.90. The number of carbonyl (C=O) groups excluding carboxylic acids is 1. The molecular weight excluding hydrogens is 326 g/mol. The lowest BCUT2D eigenvalue weighted by Crippen LogP contribution is -2.40. The molecule has 2 aromatic rings. The molecule has 24 heavy (non-hydrogen) atoms. The molecule has 2 aromatic carbocycles. The fourth-order valence-electron chi connectivity index (χ4n) is 1.98. The molecule has 1 atom stereocenters. The minimum absolute atomic E-state index is 0.180. The van der Waals surface area contributed by atoms with Crippen molar-refractivity contribution in [1.82, 2.24) is 5.32 Å². The van der Waals surface area contributed by atoms with Crippen molar-refractivity contribution in [3.05, 3.63) is 60.2 Å². The first kappa shape index (κ1) is 17.7. The number of thioether (sulfide) groups is 1. The average molecular weight is 343 g/mol. The number of nitrogens with zero attached hydrogens (tertiary/aromatic N) is 2. The summed E-state index contributed by atoms with van der Waals surface area (Å²) in [5, 5.41) is 18.9. The van der Waals surface area contributed by atoms with Gasteiger partial charge >= 0.3 is 12.0 Å². The van der Waals surface area contributed by atoms with Crippen molar-refractivity contribution >= 4 is 29.4 Å². The van der Waals surface area contributed by atoms with E-state index in [9.17, 15) is 14.7 Å². The molecule has 0 aliphatic heterocycles. The molecule has 0 aliphatic rings. The van der Waals surface area contributed by atoms with Crippen LogP contribution in [0.4, 0.5) is 10.5 Å². The van der Waals surface area contributed by atoms with Gasteiger partial charge in [-0.3, -0.25) is 0 Å². The molecule has 0 heterocycles. The van der Waals surface area contributed by atoms with Crippen molar-refractivity contribution in [2.24, 2.45) is 10.2 Å². The number of urea groups is 1. The highest BCUT2D eigenvalue weighted by molar-refractivity contribution is 7.98. The van der Waals surface area contributed by atoms with Crippen molar-refractivity contribution < 1.29 is 14.7 Å². The predicted molar refractivity (Wildman–Crippen MR) is 92.8 cm³/mol. The van der Waals surface area contributed by atoms with Gasteiger partial charge in [0.15, 0.2) is 0 Å². The molecule has 2 N–H and O–H groups in total. The van der Waals surface area contributed by atoms with E-state index >= 15 is 0 Å². The SMILES string of the molecule is CSc1ccc(N=NC(=O)NC(Cc2ccccc2)C(=O)O)cc1. The van der Waals surface area contributed by atoms with Gasteiger partial charge in [0.1, 0.15) is 6.04 Å². The molecule has 0 aliphatic carbocycles. The highest BCUT2D eigenvalue weighted by atomic mass is 32.2. The normalized spacial score (nSPS) is 12.0. The van der Waals surface area contributed by atoms with Gasteiger partial charge in [0, 0.05) is 11.3 Å². The van der Waals surface area contributed by atoms with Gasteiger partial charge in [-0.2, -0.15) is 0 Å². The van der Waals surface area contributed by atoms with Gasteiger partial charge in [-0.25, -0.2) is 9.59 Å². The fourth-order valence-corrected chi connectivity index (χ4v) is 2.39. The monoisotopic (exact) mass is 343 g/mol. The first-order valence-corrected chi connectivity index (χ1v) is 8.44. The van der Waals surface area contributed by atoms with E-state index in [1.54, 1.807) is 36.0 Å². The fraction of sp³-hybridized carbons (Fsp3) is 0.176. The highest BCUT2D eigenvalue weighted by Crippen LogP contribution is 2.19. The maximum absolute atomic E-state index is 11.8. The van der Waals surface area contributed by atoms with Crippen LogP contribution in [-0.4, -0.2) is 29.4 Å². The topological polar surface area (TPSA) is 91.1 Å². The molecule has 2 rings (SSSR count). The number of aliphatic carboxylic acids is 1. The summed E-state index contributed by atoms with van der Waals surface area (Å²) in [7, 11) is 0. The minimum atomic E-state index is -1.12. The van der Waals surface area contributed by atoms with Crippen LogP contribution in [0.15, 0.2) is 69.7 Å². The van der Waals surface area contributed by atoms with Crippen molar-refractivity contribution in [2.75, 3.05) is 6.26 Å². The number of amides is 2. The van der Waals surface area contributed by atoms with E-state index in [-0.39, 0.29) is 6.42 Å². The molecule has 7 heteroatoms. The van der Waals surface area contributed by atoms with E-state index in [0.29, 0.717) is 5.69 Å². The van der Waals surface area contributed by atoms with E-state index < -0.39 is 18.0 Å². The maximum atomic E-state index is 11.8. The molecule has 6 nitrogen and oxygen atoms in total. The molecule has 124 valence electrons. The van der Waals surface area contributed by atoms with Crippen molar-refractivity contribution in [3.8, 4) is 0 Å². The Morgan fingerprint density at radius 3 is 2.38 bits per heavy atom. The number of hydrogen-bond acceptors (Lipinski definition) is 4. The molecule has 0 aromatic heterocycles. The Morgan fingerprint density at radius 1 is 1.12 bits per heavy atom. The third kappa shape index (κ3) is 5.51. The van der Waals surface area contributed by atoms with Crippen LogP contribution >= 0.6 is 11.8 Å². The zero-order valence-corrected chi connectivity index (χ0v) is 13.9. The Bertz CT molecular complexity index is 718. The third-order valence-corrected chi connectivity index (χ3v) is 3.95. The number of nitrogens with one attached hydrogen (secondary N) is 1. The van der Waals surface area contributed by atoms with E-state index in [4.69, 9.17) is 0 Å². The van der Waals surface area contributed by atoms with Crippen LogP contribution in [-0.2, 0) is 11.2 Å². The minimum Gasteiger partial charge on any atom is -0.480 e. The number of azo groups is 1. The van der Waals surface area contributed by atoms with E-state index in [1.807, 2.05) is 36.6 Å². The van der Waals surface area contributed by atoms with Crippen LogP contribution in [0.25, 0.3) is 0 Å². The molecule has 2 amide bonds. The lowest BCUT2D eigenvalue weighted by atomic mass is 10.1. The Kier molecular flexibility index (Phi) is 6.51. The summed E-state index contributed by atoms with van der Waals surface area (Å²) in [5.41, 5.74) is 1.34. The third-order valence-electron chi connectivity index (χ3n) is 3.21. The molecule has 0 fully saturated rings. The summed E-state index contributed by atoms with van der Waals surface area (Å²) in [4.78, 5) is 24.2. The standard InChI is InChI=1S/C17H17N3O3S/c1-24-14-9-7-13(8-10-14)19-20-17(23)18-15(16(21)22)11-12-5-3-2-4-6-12/h2-10,15H,11H2,1H3,(H,18,23)(H,21,22). The summed E-state index contributed by atoms with van der Waals surface area (Å²) in [6.45, 7) is 0. The van der Waals surface area contributed by atoms with Crippen molar-refractivity contribution in [3.63, 3.8) is 0 Å². The second-order valence-corrected chi connectivity index (χ2v) is 5.81. The van der Waals surface area contributed by atoms with Gasteiger partial charge in [0.05, 0.1) is 5.69 Å². The molecule has 0 saturated heterocycles. The molecule has 0 radical (unpaired) electrons. The zero-order valence-electron chi connectivity index (χ0n) is 13.0. The van der Waals surface area contributed by atoms with E-state index in [0.717, 1.165) is 10.5 Å². The largest absolute Gasteiger partial charge is 0.480 e. The number of carbonyl (C=O) groups is 2. The molecule has 0 saturated carbocycles. The van der Waals surface area contributed by atoms with Gasteiger partial charge in [-0.05, 0) is 36.1 Å². The lowest BCUT2D eigenvalue weighted by Gasteiger charge is -2.12. The number of carboxylic acids is 1.